The van der Waals surface area contributed by atoms with Crippen molar-refractivity contribution in [1.82, 2.24) is 15.5 Å². The summed E-state index contributed by atoms with van der Waals surface area (Å²) < 4.78 is 16.4. The van der Waals surface area contributed by atoms with Crippen molar-refractivity contribution >= 4 is 0 Å². The minimum Gasteiger partial charge on any atom is -0.381 e. The van der Waals surface area contributed by atoms with Gasteiger partial charge in [0, 0.05) is 52.2 Å². The van der Waals surface area contributed by atoms with E-state index in [9.17, 15) is 0 Å². The monoisotopic (exact) mass is 267 g/mol. The topological polar surface area (TPSA) is 69.4 Å². The van der Waals surface area contributed by atoms with Gasteiger partial charge in [-0.2, -0.15) is 4.98 Å². The quantitative estimate of drug-likeness (QED) is 0.829. The van der Waals surface area contributed by atoms with Gasteiger partial charge in [-0.15, -0.1) is 0 Å². The van der Waals surface area contributed by atoms with Crippen LogP contribution in [0.1, 0.15) is 37.4 Å². The Kier molecular flexibility index (Phi) is 3.81. The van der Waals surface area contributed by atoms with Crippen molar-refractivity contribution < 1.29 is 14.0 Å². The third-order valence-electron chi connectivity index (χ3n) is 3.92. The van der Waals surface area contributed by atoms with Gasteiger partial charge in [0.25, 0.3) is 0 Å². The molecule has 0 radical (unpaired) electrons. The fourth-order valence-corrected chi connectivity index (χ4v) is 2.43. The molecular weight excluding hydrogens is 246 g/mol. The highest BCUT2D eigenvalue weighted by atomic mass is 16.5. The van der Waals surface area contributed by atoms with Gasteiger partial charge in [0.1, 0.15) is 5.60 Å². The second-order valence-electron chi connectivity index (χ2n) is 5.30. The number of aromatic nitrogens is 2. The summed E-state index contributed by atoms with van der Waals surface area (Å²) in [5.74, 6) is 1.35. The standard InChI is InChI=1S/C13H21N3O3/c1-17-13(5-8-18-9-6-13)12-15-11(19-16-12)4-7-14-10-2-3-10/h10,14H,2-9H2,1H3. The zero-order chi connectivity index (χ0) is 13.1. The molecule has 0 atom stereocenters. The summed E-state index contributed by atoms with van der Waals surface area (Å²) in [6.45, 7) is 2.26. The first-order chi connectivity index (χ1) is 9.32. The zero-order valence-electron chi connectivity index (χ0n) is 11.4. The molecule has 1 saturated heterocycles. The highest BCUT2D eigenvalue weighted by Crippen LogP contribution is 2.33. The molecule has 1 saturated carbocycles. The summed E-state index contributed by atoms with van der Waals surface area (Å²) in [4.78, 5) is 4.50. The van der Waals surface area contributed by atoms with Gasteiger partial charge < -0.3 is 19.3 Å². The molecule has 1 aliphatic heterocycles. The number of nitrogens with zero attached hydrogens (tertiary/aromatic N) is 2. The number of rotatable bonds is 6. The number of hydrogen-bond acceptors (Lipinski definition) is 6. The van der Waals surface area contributed by atoms with Gasteiger partial charge in [-0.05, 0) is 12.8 Å². The lowest BCUT2D eigenvalue weighted by Crippen LogP contribution is -2.36. The van der Waals surface area contributed by atoms with Crippen LogP contribution in [0.3, 0.4) is 0 Å². The van der Waals surface area contributed by atoms with Crippen molar-refractivity contribution in [1.29, 1.82) is 0 Å². The molecule has 6 heteroatoms. The Hall–Kier alpha value is -0.980. The van der Waals surface area contributed by atoms with E-state index < -0.39 is 5.60 Å². The van der Waals surface area contributed by atoms with Crippen LogP contribution in [0.15, 0.2) is 4.52 Å². The van der Waals surface area contributed by atoms with Crippen molar-refractivity contribution in [2.75, 3.05) is 26.9 Å². The minimum atomic E-state index is -0.427. The van der Waals surface area contributed by atoms with Gasteiger partial charge in [-0.25, -0.2) is 0 Å². The van der Waals surface area contributed by atoms with Gasteiger partial charge in [-0.3, -0.25) is 0 Å². The summed E-state index contributed by atoms with van der Waals surface area (Å²) in [5, 5.41) is 7.54. The molecule has 19 heavy (non-hydrogen) atoms. The van der Waals surface area contributed by atoms with Crippen LogP contribution in [-0.2, 0) is 21.5 Å². The summed E-state index contributed by atoms with van der Waals surface area (Å²) in [6, 6.07) is 0.711. The van der Waals surface area contributed by atoms with Crippen LogP contribution in [0.2, 0.25) is 0 Å². The maximum Gasteiger partial charge on any atom is 0.228 e. The number of ether oxygens (including phenoxy) is 2. The van der Waals surface area contributed by atoms with E-state index in [-0.39, 0.29) is 0 Å². The average Bonchev–Trinajstić information content (AvgIpc) is 3.15. The molecule has 2 heterocycles. The van der Waals surface area contributed by atoms with E-state index in [1.54, 1.807) is 7.11 Å². The Morgan fingerprint density at radius 1 is 1.37 bits per heavy atom. The SMILES string of the molecule is COC1(c2noc(CCNC3CC3)n2)CCOCC1. The highest BCUT2D eigenvalue weighted by Gasteiger charge is 2.39. The molecule has 106 valence electrons. The Balaban J connectivity index is 1.61. The first-order valence-electron chi connectivity index (χ1n) is 7.02. The molecule has 1 N–H and O–H groups in total. The van der Waals surface area contributed by atoms with Crippen molar-refractivity contribution in [2.45, 2.75) is 43.7 Å². The first kappa shape index (κ1) is 13.0. The third-order valence-corrected chi connectivity index (χ3v) is 3.92. The molecule has 0 bridgehead atoms. The maximum absolute atomic E-state index is 5.65. The zero-order valence-corrected chi connectivity index (χ0v) is 11.4. The lowest BCUT2D eigenvalue weighted by molar-refractivity contribution is -0.101. The van der Waals surface area contributed by atoms with E-state index in [2.05, 4.69) is 15.5 Å². The van der Waals surface area contributed by atoms with E-state index in [1.807, 2.05) is 0 Å². The van der Waals surface area contributed by atoms with Gasteiger partial charge in [0.05, 0.1) is 0 Å². The fourth-order valence-electron chi connectivity index (χ4n) is 2.43. The smallest absolute Gasteiger partial charge is 0.228 e. The normalized spacial score (nSPS) is 22.6. The summed E-state index contributed by atoms with van der Waals surface area (Å²) >= 11 is 0. The summed E-state index contributed by atoms with van der Waals surface area (Å²) in [5.41, 5.74) is -0.427. The van der Waals surface area contributed by atoms with Crippen LogP contribution in [0.4, 0.5) is 0 Å². The summed E-state index contributed by atoms with van der Waals surface area (Å²) in [7, 11) is 1.70. The maximum atomic E-state index is 5.65. The summed E-state index contributed by atoms with van der Waals surface area (Å²) in [6.07, 6.45) is 4.93. The van der Waals surface area contributed by atoms with Crippen molar-refractivity contribution in [3.8, 4) is 0 Å². The molecule has 3 rings (SSSR count). The first-order valence-corrected chi connectivity index (χ1v) is 7.02. The second-order valence-corrected chi connectivity index (χ2v) is 5.30. The largest absolute Gasteiger partial charge is 0.381 e. The number of hydrogen-bond donors (Lipinski definition) is 1. The molecule has 0 aromatic carbocycles. The van der Waals surface area contributed by atoms with Gasteiger partial charge >= 0.3 is 0 Å². The Morgan fingerprint density at radius 3 is 2.84 bits per heavy atom. The highest BCUT2D eigenvalue weighted by molar-refractivity contribution is 5.03. The van der Waals surface area contributed by atoms with E-state index in [0.29, 0.717) is 31.0 Å². The van der Waals surface area contributed by atoms with Gasteiger partial charge in [0.2, 0.25) is 11.7 Å². The lowest BCUT2D eigenvalue weighted by atomic mass is 9.93. The Morgan fingerprint density at radius 2 is 2.16 bits per heavy atom. The molecule has 0 amide bonds. The van der Waals surface area contributed by atoms with Crippen LogP contribution in [-0.4, -0.2) is 43.1 Å². The molecule has 1 aromatic heterocycles. The molecule has 1 aromatic rings. The molecule has 0 spiro atoms. The average molecular weight is 267 g/mol. The molecular formula is C13H21N3O3. The van der Waals surface area contributed by atoms with E-state index in [4.69, 9.17) is 14.0 Å². The van der Waals surface area contributed by atoms with E-state index in [0.717, 1.165) is 25.8 Å². The van der Waals surface area contributed by atoms with Crippen LogP contribution in [0, 0.1) is 0 Å². The predicted octanol–water partition coefficient (Wildman–Crippen LogP) is 1.02. The van der Waals surface area contributed by atoms with Crippen LogP contribution in [0.5, 0.6) is 0 Å². The van der Waals surface area contributed by atoms with Gasteiger partial charge in [-0.1, -0.05) is 5.16 Å². The van der Waals surface area contributed by atoms with E-state index >= 15 is 0 Å². The second kappa shape index (κ2) is 5.56. The van der Waals surface area contributed by atoms with Crippen molar-refractivity contribution in [3.05, 3.63) is 11.7 Å². The van der Waals surface area contributed by atoms with E-state index in [1.165, 1.54) is 12.8 Å². The number of nitrogens with one attached hydrogen (secondary N) is 1. The lowest BCUT2D eigenvalue weighted by Gasteiger charge is -2.32. The van der Waals surface area contributed by atoms with Crippen molar-refractivity contribution in [2.24, 2.45) is 0 Å². The van der Waals surface area contributed by atoms with Crippen molar-refractivity contribution in [3.63, 3.8) is 0 Å². The Labute approximate surface area is 112 Å². The van der Waals surface area contributed by atoms with Crippen LogP contribution in [0.25, 0.3) is 0 Å². The van der Waals surface area contributed by atoms with Crippen LogP contribution < -0.4 is 5.32 Å². The minimum absolute atomic E-state index is 0.427. The third kappa shape index (κ3) is 2.96. The molecule has 6 nitrogen and oxygen atoms in total. The molecule has 1 aliphatic carbocycles. The molecule has 2 aliphatic rings. The molecule has 2 fully saturated rings. The fraction of sp³-hybridized carbons (Fsp3) is 0.846. The van der Waals surface area contributed by atoms with Gasteiger partial charge in [0.15, 0.2) is 0 Å². The number of methoxy groups -OCH3 is 1. The predicted molar refractivity (Wildman–Crippen MR) is 67.8 cm³/mol. The van der Waals surface area contributed by atoms with Crippen LogP contribution >= 0.6 is 0 Å². The molecule has 0 unspecified atom stereocenters. The Bertz CT molecular complexity index is 411.